The minimum atomic E-state index is -4.36. The molecule has 0 amide bonds. The topological polar surface area (TPSA) is 51.0 Å². The number of benzene rings is 1. The van der Waals surface area contributed by atoms with Crippen LogP contribution >= 0.6 is 0 Å². The second-order valence-corrected chi connectivity index (χ2v) is 6.29. The third kappa shape index (κ3) is 3.45. The van der Waals surface area contributed by atoms with Gasteiger partial charge in [-0.25, -0.2) is 0 Å². The molecule has 0 unspecified atom stereocenters. The van der Waals surface area contributed by atoms with Gasteiger partial charge in [-0.05, 0) is 24.5 Å². The highest BCUT2D eigenvalue weighted by atomic mass is 19.4. The zero-order valence-electron chi connectivity index (χ0n) is 13.5. The molecule has 130 valence electrons. The zero-order valence-corrected chi connectivity index (χ0v) is 13.5. The van der Waals surface area contributed by atoms with Crippen molar-refractivity contribution < 1.29 is 17.7 Å². The molecule has 7 heteroatoms. The molecule has 0 aliphatic heterocycles. The lowest BCUT2D eigenvalue weighted by molar-refractivity contribution is -0.138. The van der Waals surface area contributed by atoms with Crippen molar-refractivity contribution in [2.45, 2.75) is 57.3 Å². The fourth-order valence-corrected chi connectivity index (χ4v) is 3.34. The molecule has 1 heterocycles. The van der Waals surface area contributed by atoms with Gasteiger partial charge in [0.1, 0.15) is 0 Å². The monoisotopic (exact) mass is 339 g/mol. The van der Waals surface area contributed by atoms with E-state index in [1.165, 1.54) is 12.1 Å². The molecule has 1 aliphatic carbocycles. The number of aromatic nitrogens is 2. The molecule has 1 aliphatic rings. The molecule has 1 fully saturated rings. The predicted molar refractivity (Wildman–Crippen MR) is 82.1 cm³/mol. The van der Waals surface area contributed by atoms with Crippen LogP contribution in [-0.4, -0.2) is 10.1 Å². The Balaban J connectivity index is 1.85. The van der Waals surface area contributed by atoms with Gasteiger partial charge in [-0.2, -0.15) is 18.2 Å². The Labute approximate surface area is 138 Å². The summed E-state index contributed by atoms with van der Waals surface area (Å²) >= 11 is 0. The predicted octanol–water partition coefficient (Wildman–Crippen LogP) is 4.35. The first-order valence-electron chi connectivity index (χ1n) is 8.12. The van der Waals surface area contributed by atoms with Crippen molar-refractivity contribution >= 4 is 0 Å². The maximum atomic E-state index is 13.2. The van der Waals surface area contributed by atoms with E-state index in [0.29, 0.717) is 11.7 Å². The van der Waals surface area contributed by atoms with E-state index in [-0.39, 0.29) is 12.1 Å². The van der Waals surface area contributed by atoms with Gasteiger partial charge in [0.05, 0.1) is 11.1 Å². The van der Waals surface area contributed by atoms with Crippen molar-refractivity contribution in [1.29, 1.82) is 0 Å². The Kier molecular flexibility index (Phi) is 4.62. The van der Waals surface area contributed by atoms with Crippen molar-refractivity contribution in [3.05, 3.63) is 47.1 Å². The summed E-state index contributed by atoms with van der Waals surface area (Å²) in [6, 6.07) is 5.65. The van der Waals surface area contributed by atoms with Gasteiger partial charge in [-0.1, -0.05) is 42.6 Å². The standard InChI is InChI=1S/C17H20F3N3O/c1-12-22-15(23-24-12)16(9-5-2-6-10-16)21-11-13-7-3-4-8-14(13)17(18,19)20/h3-4,7-8,21H,2,5-6,9-11H2,1H3. The van der Waals surface area contributed by atoms with Gasteiger partial charge in [-0.15, -0.1) is 0 Å². The molecular formula is C17H20F3N3O. The molecule has 0 atom stereocenters. The van der Waals surface area contributed by atoms with Gasteiger partial charge in [0.2, 0.25) is 5.89 Å². The molecule has 0 spiro atoms. The Morgan fingerprint density at radius 2 is 1.88 bits per heavy atom. The van der Waals surface area contributed by atoms with Gasteiger partial charge in [0.25, 0.3) is 0 Å². The summed E-state index contributed by atoms with van der Waals surface area (Å²) in [7, 11) is 0. The second kappa shape index (κ2) is 6.55. The number of aryl methyl sites for hydroxylation is 1. The van der Waals surface area contributed by atoms with Crippen LogP contribution < -0.4 is 5.32 Å². The van der Waals surface area contributed by atoms with E-state index < -0.39 is 17.3 Å². The van der Waals surface area contributed by atoms with Gasteiger partial charge < -0.3 is 9.84 Å². The Morgan fingerprint density at radius 3 is 2.50 bits per heavy atom. The van der Waals surface area contributed by atoms with Crippen LogP contribution in [0.3, 0.4) is 0 Å². The maximum Gasteiger partial charge on any atom is 0.416 e. The Morgan fingerprint density at radius 1 is 1.17 bits per heavy atom. The second-order valence-electron chi connectivity index (χ2n) is 6.29. The average molecular weight is 339 g/mol. The number of halogens is 3. The molecule has 1 saturated carbocycles. The number of nitrogens with zero attached hydrogens (tertiary/aromatic N) is 2. The van der Waals surface area contributed by atoms with E-state index in [2.05, 4.69) is 15.5 Å². The van der Waals surface area contributed by atoms with Crippen LogP contribution in [0.1, 0.15) is 54.9 Å². The molecule has 0 radical (unpaired) electrons. The lowest BCUT2D eigenvalue weighted by Crippen LogP contribution is -2.44. The van der Waals surface area contributed by atoms with Crippen molar-refractivity contribution in [1.82, 2.24) is 15.5 Å². The smallest absolute Gasteiger partial charge is 0.340 e. The van der Waals surface area contributed by atoms with Gasteiger partial charge in [0.15, 0.2) is 5.82 Å². The van der Waals surface area contributed by atoms with Crippen LogP contribution in [-0.2, 0) is 18.3 Å². The Bertz CT molecular complexity index is 690. The minimum absolute atomic E-state index is 0.114. The fraction of sp³-hybridized carbons (Fsp3) is 0.529. The summed E-state index contributed by atoms with van der Waals surface area (Å²) in [6.07, 6.45) is 0.309. The molecule has 0 saturated heterocycles. The summed E-state index contributed by atoms with van der Waals surface area (Å²) in [5, 5.41) is 7.33. The summed E-state index contributed by atoms with van der Waals surface area (Å²) < 4.78 is 44.6. The largest absolute Gasteiger partial charge is 0.416 e. The van der Waals surface area contributed by atoms with Gasteiger partial charge >= 0.3 is 6.18 Å². The van der Waals surface area contributed by atoms with E-state index in [1.54, 1.807) is 13.0 Å². The molecular weight excluding hydrogens is 319 g/mol. The summed E-state index contributed by atoms with van der Waals surface area (Å²) in [5.74, 6) is 1.01. The third-order valence-corrected chi connectivity index (χ3v) is 4.60. The highest BCUT2D eigenvalue weighted by molar-refractivity contribution is 5.30. The molecule has 1 aromatic heterocycles. The molecule has 2 aromatic rings. The van der Waals surface area contributed by atoms with Crippen molar-refractivity contribution in [3.63, 3.8) is 0 Å². The quantitative estimate of drug-likeness (QED) is 0.900. The zero-order chi connectivity index (χ0) is 17.2. The fourth-order valence-electron chi connectivity index (χ4n) is 3.34. The number of alkyl halides is 3. The Hall–Kier alpha value is -1.89. The first-order valence-corrected chi connectivity index (χ1v) is 8.12. The van der Waals surface area contributed by atoms with Gasteiger partial charge in [-0.3, -0.25) is 0 Å². The van der Waals surface area contributed by atoms with E-state index >= 15 is 0 Å². The SMILES string of the molecule is Cc1nc(C2(NCc3ccccc3C(F)(F)F)CCCCC2)no1. The molecule has 1 aromatic carbocycles. The number of nitrogens with one attached hydrogen (secondary N) is 1. The molecule has 3 rings (SSSR count). The van der Waals surface area contributed by atoms with E-state index in [0.717, 1.165) is 38.2 Å². The minimum Gasteiger partial charge on any atom is -0.340 e. The first-order chi connectivity index (χ1) is 11.4. The number of hydrogen-bond donors (Lipinski definition) is 1. The molecule has 0 bridgehead atoms. The first kappa shape index (κ1) is 17.0. The van der Waals surface area contributed by atoms with Gasteiger partial charge in [0, 0.05) is 13.5 Å². The normalized spacial score (nSPS) is 17.8. The summed E-state index contributed by atoms with van der Waals surface area (Å²) in [4.78, 5) is 4.33. The van der Waals surface area contributed by atoms with Crippen LogP contribution in [0.25, 0.3) is 0 Å². The highest BCUT2D eigenvalue weighted by Gasteiger charge is 2.39. The van der Waals surface area contributed by atoms with Crippen LogP contribution in [0.4, 0.5) is 13.2 Å². The summed E-state index contributed by atoms with van der Waals surface area (Å²) in [6.45, 7) is 1.83. The van der Waals surface area contributed by atoms with Crippen molar-refractivity contribution in [3.8, 4) is 0 Å². The van der Waals surface area contributed by atoms with Crippen LogP contribution in [0.5, 0.6) is 0 Å². The number of hydrogen-bond acceptors (Lipinski definition) is 4. The van der Waals surface area contributed by atoms with E-state index in [4.69, 9.17) is 4.52 Å². The maximum absolute atomic E-state index is 13.2. The lowest BCUT2D eigenvalue weighted by atomic mass is 9.80. The van der Waals surface area contributed by atoms with E-state index in [1.807, 2.05) is 0 Å². The molecule has 4 nitrogen and oxygen atoms in total. The third-order valence-electron chi connectivity index (χ3n) is 4.60. The van der Waals surface area contributed by atoms with E-state index in [9.17, 15) is 13.2 Å². The van der Waals surface area contributed by atoms with Crippen molar-refractivity contribution in [2.24, 2.45) is 0 Å². The highest BCUT2D eigenvalue weighted by Crippen LogP contribution is 2.37. The van der Waals surface area contributed by atoms with Crippen LogP contribution in [0, 0.1) is 6.92 Å². The number of rotatable bonds is 4. The summed E-state index contributed by atoms with van der Waals surface area (Å²) in [5.41, 5.74) is -0.891. The molecule has 24 heavy (non-hydrogen) atoms. The van der Waals surface area contributed by atoms with Crippen LogP contribution in [0.2, 0.25) is 0 Å². The average Bonchev–Trinajstić information content (AvgIpc) is 3.00. The van der Waals surface area contributed by atoms with Crippen molar-refractivity contribution in [2.75, 3.05) is 0 Å². The molecule has 1 N–H and O–H groups in total. The lowest BCUT2D eigenvalue weighted by Gasteiger charge is -2.35. The van der Waals surface area contributed by atoms with Crippen LogP contribution in [0.15, 0.2) is 28.8 Å².